The molecule has 0 aliphatic heterocycles. The first kappa shape index (κ1) is 15.7. The third-order valence-corrected chi connectivity index (χ3v) is 4.29. The number of nitrogens with one attached hydrogen (secondary N) is 1. The minimum Gasteiger partial charge on any atom is -0.476 e. The molecule has 1 N–H and O–H groups in total. The lowest BCUT2D eigenvalue weighted by atomic mass is 10.1. The van der Waals surface area contributed by atoms with Gasteiger partial charge in [0.05, 0.1) is 0 Å². The number of benzene rings is 2. The molecule has 23 heavy (non-hydrogen) atoms. The molecule has 1 aromatic heterocycles. The van der Waals surface area contributed by atoms with Crippen LogP contribution >= 0.6 is 27.3 Å². The number of ether oxygens (including phenoxy) is 1. The first-order valence-electron chi connectivity index (χ1n) is 6.90. The highest BCUT2D eigenvalue weighted by atomic mass is 79.9. The van der Waals surface area contributed by atoms with Gasteiger partial charge in [-0.1, -0.05) is 46.3 Å². The van der Waals surface area contributed by atoms with E-state index in [2.05, 4.69) is 26.2 Å². The van der Waals surface area contributed by atoms with Crippen LogP contribution in [-0.4, -0.2) is 10.9 Å². The molecule has 3 rings (SSSR count). The summed E-state index contributed by atoms with van der Waals surface area (Å²) < 4.78 is 6.84. The van der Waals surface area contributed by atoms with Gasteiger partial charge in [0.25, 0.3) is 5.91 Å². The Kier molecular flexibility index (Phi) is 5.05. The quantitative estimate of drug-likeness (QED) is 0.690. The summed E-state index contributed by atoms with van der Waals surface area (Å²) in [5, 5.41) is 5.14. The molecule has 1 amide bonds. The molecule has 0 aliphatic rings. The lowest BCUT2D eigenvalue weighted by Crippen LogP contribution is -2.25. The number of carbonyl (C=O) groups excluding carboxylic acids is 1. The van der Waals surface area contributed by atoms with E-state index in [1.807, 2.05) is 60.0 Å². The molecule has 0 aliphatic carbocycles. The van der Waals surface area contributed by atoms with Crippen LogP contribution in [0.4, 0.5) is 5.13 Å². The van der Waals surface area contributed by atoms with Crippen molar-refractivity contribution in [1.29, 1.82) is 0 Å². The first-order valence-corrected chi connectivity index (χ1v) is 8.57. The molecular formula is C17H13BrN2O2S. The molecule has 1 atom stereocenters. The summed E-state index contributed by atoms with van der Waals surface area (Å²) in [6.07, 6.45) is 0.891. The highest BCUT2D eigenvalue weighted by Gasteiger charge is 2.23. The van der Waals surface area contributed by atoms with Crippen LogP contribution in [0.3, 0.4) is 0 Å². The van der Waals surface area contributed by atoms with Gasteiger partial charge in [-0.15, -0.1) is 11.3 Å². The van der Waals surface area contributed by atoms with Gasteiger partial charge in [-0.3, -0.25) is 10.1 Å². The van der Waals surface area contributed by atoms with E-state index >= 15 is 0 Å². The third kappa shape index (κ3) is 4.18. The summed E-state index contributed by atoms with van der Waals surface area (Å²) in [5.41, 5.74) is 0.770. The van der Waals surface area contributed by atoms with Gasteiger partial charge in [0, 0.05) is 21.6 Å². The molecular weight excluding hydrogens is 376 g/mol. The zero-order valence-electron chi connectivity index (χ0n) is 12.0. The maximum absolute atomic E-state index is 12.6. The van der Waals surface area contributed by atoms with Crippen molar-refractivity contribution in [3.8, 4) is 5.75 Å². The second kappa shape index (κ2) is 7.39. The Balaban J connectivity index is 1.86. The van der Waals surface area contributed by atoms with Crippen LogP contribution in [0.15, 0.2) is 70.6 Å². The smallest absolute Gasteiger partial charge is 0.271 e. The third-order valence-electron chi connectivity index (χ3n) is 3.07. The molecule has 1 heterocycles. The van der Waals surface area contributed by atoms with Gasteiger partial charge in [0.2, 0.25) is 6.10 Å². The van der Waals surface area contributed by atoms with Crippen LogP contribution < -0.4 is 10.1 Å². The van der Waals surface area contributed by atoms with E-state index in [0.29, 0.717) is 10.9 Å². The van der Waals surface area contributed by atoms with E-state index < -0.39 is 6.10 Å². The van der Waals surface area contributed by atoms with Gasteiger partial charge in [-0.2, -0.15) is 0 Å². The Bertz CT molecular complexity index is 761. The molecule has 0 saturated carbocycles. The van der Waals surface area contributed by atoms with Crippen molar-refractivity contribution in [3.63, 3.8) is 0 Å². The number of aromatic nitrogens is 1. The van der Waals surface area contributed by atoms with Crippen LogP contribution in [0.25, 0.3) is 0 Å². The maximum Gasteiger partial charge on any atom is 0.271 e. The van der Waals surface area contributed by atoms with Crippen LogP contribution in [0.2, 0.25) is 0 Å². The molecule has 0 spiro atoms. The average molecular weight is 389 g/mol. The number of rotatable bonds is 5. The number of para-hydroxylation sites is 1. The molecule has 116 valence electrons. The summed E-state index contributed by atoms with van der Waals surface area (Å²) in [6, 6.07) is 16.8. The monoisotopic (exact) mass is 388 g/mol. The SMILES string of the molecule is O=C(Nc1nccs1)C(Oc1ccccc1)c1ccc(Br)cc1. The van der Waals surface area contributed by atoms with Crippen LogP contribution in [0.1, 0.15) is 11.7 Å². The maximum atomic E-state index is 12.6. The van der Waals surface area contributed by atoms with E-state index in [1.54, 1.807) is 6.20 Å². The minimum atomic E-state index is -0.755. The van der Waals surface area contributed by atoms with Crippen molar-refractivity contribution in [2.24, 2.45) is 0 Å². The molecule has 4 nitrogen and oxygen atoms in total. The summed E-state index contributed by atoms with van der Waals surface area (Å²) in [7, 11) is 0. The van der Waals surface area contributed by atoms with Crippen molar-refractivity contribution in [2.75, 3.05) is 5.32 Å². The van der Waals surface area contributed by atoms with E-state index in [1.165, 1.54) is 11.3 Å². The number of anilines is 1. The summed E-state index contributed by atoms with van der Waals surface area (Å²) >= 11 is 4.76. The number of carbonyl (C=O) groups is 1. The molecule has 6 heteroatoms. The van der Waals surface area contributed by atoms with Gasteiger partial charge < -0.3 is 4.74 Å². The zero-order valence-corrected chi connectivity index (χ0v) is 14.4. The number of nitrogens with zero attached hydrogens (tertiary/aromatic N) is 1. The fourth-order valence-corrected chi connectivity index (χ4v) is 2.80. The van der Waals surface area contributed by atoms with Crippen molar-refractivity contribution >= 4 is 38.3 Å². The van der Waals surface area contributed by atoms with Gasteiger partial charge >= 0.3 is 0 Å². The highest BCUT2D eigenvalue weighted by Crippen LogP contribution is 2.25. The van der Waals surface area contributed by atoms with Crippen LogP contribution in [-0.2, 0) is 4.79 Å². The Morgan fingerprint density at radius 2 is 1.87 bits per heavy atom. The van der Waals surface area contributed by atoms with E-state index in [0.717, 1.165) is 10.0 Å². The fraction of sp³-hybridized carbons (Fsp3) is 0.0588. The number of amides is 1. The number of hydrogen-bond acceptors (Lipinski definition) is 4. The predicted molar refractivity (Wildman–Crippen MR) is 94.7 cm³/mol. The Morgan fingerprint density at radius 3 is 2.52 bits per heavy atom. The van der Waals surface area contributed by atoms with Gasteiger partial charge in [-0.25, -0.2) is 4.98 Å². The second-order valence-corrected chi connectivity index (χ2v) is 6.50. The second-order valence-electron chi connectivity index (χ2n) is 4.69. The van der Waals surface area contributed by atoms with Gasteiger partial charge in [0.1, 0.15) is 5.75 Å². The minimum absolute atomic E-state index is 0.258. The van der Waals surface area contributed by atoms with Crippen molar-refractivity contribution in [3.05, 3.63) is 76.2 Å². The molecule has 3 aromatic rings. The highest BCUT2D eigenvalue weighted by molar-refractivity contribution is 9.10. The van der Waals surface area contributed by atoms with Crippen LogP contribution in [0.5, 0.6) is 5.75 Å². The molecule has 0 saturated heterocycles. The standard InChI is InChI=1S/C17H13BrN2O2S/c18-13-8-6-12(7-9-13)15(22-14-4-2-1-3-5-14)16(21)20-17-19-10-11-23-17/h1-11,15H,(H,19,20,21). The number of hydrogen-bond donors (Lipinski definition) is 1. The summed E-state index contributed by atoms with van der Waals surface area (Å²) in [6.45, 7) is 0. The average Bonchev–Trinajstić information content (AvgIpc) is 3.07. The lowest BCUT2D eigenvalue weighted by molar-refractivity contribution is -0.123. The number of halogens is 1. The van der Waals surface area contributed by atoms with Crippen molar-refractivity contribution < 1.29 is 9.53 Å². The fourth-order valence-electron chi connectivity index (χ4n) is 2.00. The Labute approximate surface area is 146 Å². The van der Waals surface area contributed by atoms with Crippen LogP contribution in [0, 0.1) is 0 Å². The topological polar surface area (TPSA) is 51.2 Å². The largest absolute Gasteiger partial charge is 0.476 e. The first-order chi connectivity index (χ1) is 11.2. The van der Waals surface area contributed by atoms with E-state index in [-0.39, 0.29) is 5.91 Å². The van der Waals surface area contributed by atoms with Gasteiger partial charge in [0.15, 0.2) is 5.13 Å². The molecule has 0 fully saturated rings. The lowest BCUT2D eigenvalue weighted by Gasteiger charge is -2.18. The Morgan fingerprint density at radius 1 is 1.13 bits per heavy atom. The molecule has 1 unspecified atom stereocenters. The Hall–Kier alpha value is -2.18. The summed E-state index contributed by atoms with van der Waals surface area (Å²) in [5.74, 6) is 0.376. The van der Waals surface area contributed by atoms with E-state index in [4.69, 9.17) is 4.74 Å². The molecule has 2 aromatic carbocycles. The van der Waals surface area contributed by atoms with E-state index in [9.17, 15) is 4.79 Å². The van der Waals surface area contributed by atoms with Crippen molar-refractivity contribution in [2.45, 2.75) is 6.10 Å². The predicted octanol–water partition coefficient (Wildman–Crippen LogP) is 4.66. The summed E-state index contributed by atoms with van der Waals surface area (Å²) in [4.78, 5) is 16.7. The number of thiazole rings is 1. The molecule has 0 bridgehead atoms. The van der Waals surface area contributed by atoms with Crippen molar-refractivity contribution in [1.82, 2.24) is 4.98 Å². The molecule has 0 radical (unpaired) electrons. The zero-order chi connectivity index (χ0) is 16.1. The van der Waals surface area contributed by atoms with Gasteiger partial charge in [-0.05, 0) is 24.3 Å². The normalized spacial score (nSPS) is 11.7.